The van der Waals surface area contributed by atoms with Crippen LogP contribution in [-0.4, -0.2) is 18.1 Å². The average Bonchev–Trinajstić information content (AvgIpc) is 2.37. The van der Waals surface area contributed by atoms with Crippen molar-refractivity contribution in [1.82, 2.24) is 0 Å². The first-order valence-electron chi connectivity index (χ1n) is 5.65. The number of hydrogen-bond donors (Lipinski definition) is 2. The quantitative estimate of drug-likeness (QED) is 0.485. The molecule has 2 aromatic rings. The first-order valence-corrected chi connectivity index (χ1v) is 7.09. The van der Waals surface area contributed by atoms with Gasteiger partial charge in [0.15, 0.2) is 0 Å². The van der Waals surface area contributed by atoms with Gasteiger partial charge in [-0.3, -0.25) is 4.55 Å². The summed E-state index contributed by atoms with van der Waals surface area (Å²) in [5, 5.41) is 17.2. The Bertz CT molecular complexity index is 758. The second kappa shape index (κ2) is 7.15. The van der Waals surface area contributed by atoms with Gasteiger partial charge in [-0.05, 0) is 55.0 Å². The molecular weight excluding hydrogens is 303 g/mol. The Morgan fingerprint density at radius 1 is 1.00 bits per heavy atom. The molecule has 0 aromatic heterocycles. The number of nitrogens with zero attached hydrogens (tertiary/aromatic N) is 2. The van der Waals surface area contributed by atoms with Crippen molar-refractivity contribution in [2.75, 3.05) is 0 Å². The number of azo groups is 1. The van der Waals surface area contributed by atoms with E-state index in [2.05, 4.69) is 10.2 Å². The SMILES string of the molecule is Cc1cc(O)ccc1N=Nc1ccc(S(=O)(=O)O)cc1.[Na+]. The minimum atomic E-state index is -4.20. The van der Waals surface area contributed by atoms with E-state index in [1.165, 1.54) is 30.3 Å². The zero-order valence-corrected chi connectivity index (χ0v) is 14.4. The standard InChI is InChI=1S/C13H12N2O4S.Na/c1-9-8-11(16)4-7-13(9)15-14-10-2-5-12(6-3-10)20(17,18)19;/h2-8,16H,1H3,(H,17,18,19);/q;+1. The number of benzene rings is 2. The van der Waals surface area contributed by atoms with Gasteiger partial charge in [0.05, 0.1) is 16.3 Å². The molecule has 0 radical (unpaired) electrons. The number of phenols is 1. The molecule has 0 unspecified atom stereocenters. The maximum absolute atomic E-state index is 10.9. The fourth-order valence-corrected chi connectivity index (χ4v) is 2.03. The predicted octanol–water partition coefficient (Wildman–Crippen LogP) is 0.367. The molecule has 0 atom stereocenters. The fraction of sp³-hybridized carbons (Fsp3) is 0.0769. The summed E-state index contributed by atoms with van der Waals surface area (Å²) in [4.78, 5) is -0.197. The summed E-state index contributed by atoms with van der Waals surface area (Å²) in [7, 11) is -4.20. The van der Waals surface area contributed by atoms with E-state index in [0.29, 0.717) is 11.4 Å². The maximum atomic E-state index is 10.9. The van der Waals surface area contributed by atoms with E-state index >= 15 is 0 Å². The third-order valence-corrected chi connectivity index (χ3v) is 3.46. The number of aryl methyl sites for hydroxylation is 1. The van der Waals surface area contributed by atoms with Crippen molar-refractivity contribution >= 4 is 21.5 Å². The van der Waals surface area contributed by atoms with E-state index in [0.717, 1.165) is 5.56 Å². The Morgan fingerprint density at radius 2 is 1.62 bits per heavy atom. The molecule has 0 fully saturated rings. The fourth-order valence-electron chi connectivity index (χ4n) is 1.55. The molecule has 8 heteroatoms. The van der Waals surface area contributed by atoms with E-state index in [9.17, 15) is 13.5 Å². The summed E-state index contributed by atoms with van der Waals surface area (Å²) < 4.78 is 30.6. The van der Waals surface area contributed by atoms with Gasteiger partial charge in [0.25, 0.3) is 10.1 Å². The van der Waals surface area contributed by atoms with Gasteiger partial charge in [-0.1, -0.05) is 0 Å². The van der Waals surface area contributed by atoms with Crippen LogP contribution in [0.5, 0.6) is 5.75 Å². The molecule has 2 rings (SSSR count). The average molecular weight is 315 g/mol. The van der Waals surface area contributed by atoms with E-state index in [4.69, 9.17) is 4.55 Å². The summed E-state index contributed by atoms with van der Waals surface area (Å²) in [5.41, 5.74) is 1.81. The second-order valence-corrected chi connectivity index (χ2v) is 5.56. The van der Waals surface area contributed by atoms with E-state index in [1.807, 2.05) is 0 Å². The van der Waals surface area contributed by atoms with Crippen LogP contribution in [0.15, 0.2) is 57.6 Å². The topological polar surface area (TPSA) is 99.3 Å². The smallest absolute Gasteiger partial charge is 0.508 e. The summed E-state index contributed by atoms with van der Waals surface area (Å²) in [6.07, 6.45) is 0. The van der Waals surface area contributed by atoms with Crippen molar-refractivity contribution in [1.29, 1.82) is 0 Å². The Hall–Kier alpha value is -1.25. The van der Waals surface area contributed by atoms with Crippen LogP contribution in [0.25, 0.3) is 0 Å². The van der Waals surface area contributed by atoms with Crippen molar-refractivity contribution in [2.24, 2.45) is 10.2 Å². The first-order chi connectivity index (χ1) is 9.36. The van der Waals surface area contributed by atoms with E-state index in [-0.39, 0.29) is 40.2 Å². The number of hydrogen-bond acceptors (Lipinski definition) is 5. The molecule has 0 aliphatic carbocycles. The Balaban J connectivity index is 0.00000220. The Morgan fingerprint density at radius 3 is 2.14 bits per heavy atom. The molecule has 0 saturated heterocycles. The van der Waals surface area contributed by atoms with Gasteiger partial charge in [-0.2, -0.15) is 18.6 Å². The van der Waals surface area contributed by atoms with Crippen LogP contribution in [0, 0.1) is 6.92 Å². The van der Waals surface area contributed by atoms with Gasteiger partial charge in [0.2, 0.25) is 0 Å². The molecule has 0 heterocycles. The largest absolute Gasteiger partial charge is 1.00 e. The minimum Gasteiger partial charge on any atom is -0.508 e. The molecule has 0 amide bonds. The molecule has 21 heavy (non-hydrogen) atoms. The zero-order valence-electron chi connectivity index (χ0n) is 11.6. The molecule has 2 N–H and O–H groups in total. The van der Waals surface area contributed by atoms with Crippen LogP contribution < -0.4 is 29.6 Å². The molecule has 104 valence electrons. The van der Waals surface area contributed by atoms with Crippen molar-refractivity contribution in [3.8, 4) is 5.75 Å². The molecule has 0 saturated carbocycles. The van der Waals surface area contributed by atoms with Crippen LogP contribution in [-0.2, 0) is 10.1 Å². The van der Waals surface area contributed by atoms with Crippen molar-refractivity contribution in [3.05, 3.63) is 48.0 Å². The summed E-state index contributed by atoms with van der Waals surface area (Å²) in [5.74, 6) is 0.152. The zero-order chi connectivity index (χ0) is 14.8. The summed E-state index contributed by atoms with van der Waals surface area (Å²) >= 11 is 0. The predicted molar refractivity (Wildman–Crippen MR) is 73.3 cm³/mol. The molecule has 2 aromatic carbocycles. The van der Waals surface area contributed by atoms with Gasteiger partial charge in [-0.25, -0.2) is 0 Å². The molecule has 0 aliphatic heterocycles. The van der Waals surface area contributed by atoms with E-state index < -0.39 is 10.1 Å². The number of rotatable bonds is 3. The van der Waals surface area contributed by atoms with Crippen molar-refractivity contribution in [2.45, 2.75) is 11.8 Å². The number of aromatic hydroxyl groups is 1. The third-order valence-electron chi connectivity index (χ3n) is 2.59. The van der Waals surface area contributed by atoms with Crippen molar-refractivity contribution in [3.63, 3.8) is 0 Å². The van der Waals surface area contributed by atoms with Gasteiger partial charge >= 0.3 is 29.6 Å². The van der Waals surface area contributed by atoms with Crippen molar-refractivity contribution < 1.29 is 47.6 Å². The normalized spacial score (nSPS) is 11.3. The first kappa shape index (κ1) is 17.8. The monoisotopic (exact) mass is 315 g/mol. The number of phenolic OH excluding ortho intramolecular Hbond substituents is 1. The second-order valence-electron chi connectivity index (χ2n) is 4.14. The van der Waals surface area contributed by atoms with Crippen LogP contribution >= 0.6 is 0 Å². The van der Waals surface area contributed by atoms with E-state index in [1.54, 1.807) is 19.1 Å². The summed E-state index contributed by atoms with van der Waals surface area (Å²) in [6, 6.07) is 10.0. The van der Waals surface area contributed by atoms with Gasteiger partial charge in [0, 0.05) is 0 Å². The maximum Gasteiger partial charge on any atom is 1.00 e. The van der Waals surface area contributed by atoms with Crippen LogP contribution in [0.4, 0.5) is 11.4 Å². The molecule has 0 aliphatic rings. The van der Waals surface area contributed by atoms with Crippen LogP contribution in [0.2, 0.25) is 0 Å². The Kier molecular flexibility index (Phi) is 6.06. The molecular formula is C13H12N2NaO4S+. The van der Waals surface area contributed by atoms with Gasteiger partial charge < -0.3 is 5.11 Å². The molecule has 0 spiro atoms. The Labute approximate surface area is 144 Å². The molecule has 6 nitrogen and oxygen atoms in total. The van der Waals surface area contributed by atoms with Crippen LogP contribution in [0.1, 0.15) is 5.56 Å². The molecule has 0 bridgehead atoms. The van der Waals surface area contributed by atoms with Gasteiger partial charge in [0.1, 0.15) is 5.75 Å². The minimum absolute atomic E-state index is 0. The third kappa shape index (κ3) is 4.90. The van der Waals surface area contributed by atoms with Gasteiger partial charge in [-0.15, -0.1) is 0 Å². The summed E-state index contributed by atoms with van der Waals surface area (Å²) in [6.45, 7) is 1.79. The van der Waals surface area contributed by atoms with Crippen LogP contribution in [0.3, 0.4) is 0 Å².